The first-order valence-electron chi connectivity index (χ1n) is 6.18. The quantitative estimate of drug-likeness (QED) is 0.354. The normalized spacial score (nSPS) is 10.9. The van der Waals surface area contributed by atoms with Gasteiger partial charge in [-0.25, -0.2) is 5.84 Å². The van der Waals surface area contributed by atoms with Gasteiger partial charge < -0.3 is 4.74 Å². The molecular weight excluding hydrogens is 244 g/mol. The zero-order valence-corrected chi connectivity index (χ0v) is 11.5. The Hall–Kier alpha value is -1.88. The maximum Gasteiger partial charge on any atom is 0.242 e. The third kappa shape index (κ3) is 4.06. The Labute approximate surface area is 113 Å². The molecule has 0 aliphatic rings. The number of ether oxygens (including phenoxy) is 1. The fraction of sp³-hybridized carbons (Fsp3) is 0.429. The highest BCUT2D eigenvalue weighted by molar-refractivity contribution is 5.95. The summed E-state index contributed by atoms with van der Waals surface area (Å²) in [6.45, 7) is 5.51. The Bertz CT molecular complexity index is 452. The van der Waals surface area contributed by atoms with Crippen LogP contribution in [0.2, 0.25) is 0 Å². The molecule has 1 aromatic rings. The van der Waals surface area contributed by atoms with Gasteiger partial charge in [0, 0.05) is 12.0 Å². The average molecular weight is 264 g/mol. The lowest BCUT2D eigenvalue weighted by Crippen LogP contribution is -2.44. The second-order valence-corrected chi connectivity index (χ2v) is 4.95. The molecule has 0 saturated carbocycles. The van der Waals surface area contributed by atoms with Crippen LogP contribution in [-0.4, -0.2) is 18.3 Å². The van der Waals surface area contributed by atoms with Crippen molar-refractivity contribution in [2.45, 2.75) is 27.2 Å². The van der Waals surface area contributed by atoms with E-state index >= 15 is 0 Å². The van der Waals surface area contributed by atoms with Crippen molar-refractivity contribution in [2.24, 2.45) is 11.3 Å². The summed E-state index contributed by atoms with van der Waals surface area (Å²) in [4.78, 5) is 22.9. The van der Waals surface area contributed by atoms with Gasteiger partial charge in [0.05, 0.1) is 5.41 Å². The Balaban J connectivity index is 2.64. The summed E-state index contributed by atoms with van der Waals surface area (Å²) in [5, 5.41) is 0. The van der Waals surface area contributed by atoms with Crippen LogP contribution in [0.1, 0.15) is 37.6 Å². The largest absolute Gasteiger partial charge is 0.492 e. The van der Waals surface area contributed by atoms with Crippen LogP contribution in [0, 0.1) is 5.41 Å². The zero-order valence-electron chi connectivity index (χ0n) is 11.5. The molecule has 3 N–H and O–H groups in total. The van der Waals surface area contributed by atoms with Crippen molar-refractivity contribution in [3.05, 3.63) is 29.8 Å². The Morgan fingerprint density at radius 1 is 1.26 bits per heavy atom. The molecule has 0 atom stereocenters. The Morgan fingerprint density at radius 3 is 2.32 bits per heavy atom. The molecule has 0 fully saturated rings. The average Bonchev–Trinajstić information content (AvgIpc) is 2.43. The number of Topliss-reactive ketones (excluding diaryl/α,β-unsaturated/α-hetero) is 1. The van der Waals surface area contributed by atoms with Crippen LogP contribution < -0.4 is 16.0 Å². The van der Waals surface area contributed by atoms with Crippen molar-refractivity contribution in [3.63, 3.8) is 0 Å². The number of hydrogen-bond donors (Lipinski definition) is 2. The molecule has 5 nitrogen and oxygen atoms in total. The molecule has 0 aliphatic heterocycles. The standard InChI is InChI=1S/C14H20N2O3/c1-4-12(17)10-5-7-11(8-6-10)19-9-14(2,3)13(18)16-15/h5-8H,4,9,15H2,1-3H3,(H,16,18). The van der Waals surface area contributed by atoms with Crippen LogP contribution >= 0.6 is 0 Å². The number of hydrogen-bond acceptors (Lipinski definition) is 4. The smallest absolute Gasteiger partial charge is 0.242 e. The van der Waals surface area contributed by atoms with Crippen LogP contribution in [0.3, 0.4) is 0 Å². The Morgan fingerprint density at radius 2 is 1.84 bits per heavy atom. The first-order chi connectivity index (χ1) is 8.90. The van der Waals surface area contributed by atoms with Gasteiger partial charge in [0.25, 0.3) is 0 Å². The highest BCUT2D eigenvalue weighted by atomic mass is 16.5. The fourth-order valence-corrected chi connectivity index (χ4v) is 1.47. The van der Waals surface area contributed by atoms with Gasteiger partial charge in [0.1, 0.15) is 12.4 Å². The summed E-state index contributed by atoms with van der Waals surface area (Å²) >= 11 is 0. The van der Waals surface area contributed by atoms with Crippen LogP contribution in [-0.2, 0) is 4.79 Å². The van der Waals surface area contributed by atoms with Crippen LogP contribution in [0.4, 0.5) is 0 Å². The van der Waals surface area contributed by atoms with E-state index in [0.717, 1.165) is 0 Å². The number of hydrazine groups is 1. The monoisotopic (exact) mass is 264 g/mol. The van der Waals surface area contributed by atoms with Gasteiger partial charge in [-0.15, -0.1) is 0 Å². The molecule has 0 aromatic heterocycles. The van der Waals surface area contributed by atoms with Gasteiger partial charge in [-0.1, -0.05) is 6.92 Å². The molecule has 5 heteroatoms. The molecule has 0 bridgehead atoms. The summed E-state index contributed by atoms with van der Waals surface area (Å²) in [6, 6.07) is 6.88. The first-order valence-corrected chi connectivity index (χ1v) is 6.18. The molecule has 104 valence electrons. The third-order valence-electron chi connectivity index (χ3n) is 2.84. The second kappa shape index (κ2) is 6.33. The van der Waals surface area contributed by atoms with Crippen molar-refractivity contribution in [2.75, 3.05) is 6.61 Å². The number of amides is 1. The van der Waals surface area contributed by atoms with Gasteiger partial charge in [-0.3, -0.25) is 15.0 Å². The number of carbonyl (C=O) groups is 2. The van der Waals surface area contributed by atoms with E-state index < -0.39 is 5.41 Å². The number of nitrogens with two attached hydrogens (primary N) is 1. The fourth-order valence-electron chi connectivity index (χ4n) is 1.47. The molecule has 1 amide bonds. The van der Waals surface area contributed by atoms with Crippen molar-refractivity contribution in [3.8, 4) is 5.75 Å². The second-order valence-electron chi connectivity index (χ2n) is 4.95. The minimum absolute atomic E-state index is 0.0920. The highest BCUT2D eigenvalue weighted by Crippen LogP contribution is 2.19. The lowest BCUT2D eigenvalue weighted by Gasteiger charge is -2.22. The first kappa shape index (κ1) is 15.2. The number of benzene rings is 1. The maximum absolute atomic E-state index is 11.5. The van der Waals surface area contributed by atoms with Crippen LogP contribution in [0.5, 0.6) is 5.75 Å². The van der Waals surface area contributed by atoms with Crippen LogP contribution in [0.15, 0.2) is 24.3 Å². The third-order valence-corrected chi connectivity index (χ3v) is 2.84. The minimum atomic E-state index is -0.716. The van der Waals surface area contributed by atoms with Gasteiger partial charge >= 0.3 is 0 Å². The summed E-state index contributed by atoms with van der Waals surface area (Å²) in [7, 11) is 0. The lowest BCUT2D eigenvalue weighted by atomic mass is 9.94. The van der Waals surface area contributed by atoms with Gasteiger partial charge in [-0.05, 0) is 38.1 Å². The summed E-state index contributed by atoms with van der Waals surface area (Å²) in [5.74, 6) is 5.52. The van der Waals surface area contributed by atoms with E-state index in [2.05, 4.69) is 5.43 Å². The predicted octanol–water partition coefficient (Wildman–Crippen LogP) is 1.67. The van der Waals surface area contributed by atoms with E-state index in [1.54, 1.807) is 38.1 Å². The molecular formula is C14H20N2O3. The van der Waals surface area contributed by atoms with Crippen molar-refractivity contribution >= 4 is 11.7 Å². The predicted molar refractivity (Wildman–Crippen MR) is 72.7 cm³/mol. The molecule has 1 aromatic carbocycles. The van der Waals surface area contributed by atoms with Crippen LogP contribution in [0.25, 0.3) is 0 Å². The summed E-state index contributed by atoms with van der Waals surface area (Å²) in [5.41, 5.74) is 2.05. The number of rotatable bonds is 6. The molecule has 0 saturated heterocycles. The van der Waals surface area contributed by atoms with Gasteiger partial charge in [0.2, 0.25) is 5.91 Å². The van der Waals surface area contributed by atoms with E-state index in [0.29, 0.717) is 17.7 Å². The molecule has 0 radical (unpaired) electrons. The van der Waals surface area contributed by atoms with E-state index in [9.17, 15) is 9.59 Å². The summed E-state index contributed by atoms with van der Waals surface area (Å²) in [6.07, 6.45) is 0.476. The Kier molecular flexibility index (Phi) is 5.06. The lowest BCUT2D eigenvalue weighted by molar-refractivity contribution is -0.130. The zero-order chi connectivity index (χ0) is 14.5. The SMILES string of the molecule is CCC(=O)c1ccc(OCC(C)(C)C(=O)NN)cc1. The van der Waals surface area contributed by atoms with Gasteiger partial charge in [-0.2, -0.15) is 0 Å². The number of ketones is 1. The molecule has 0 aliphatic carbocycles. The van der Waals surface area contributed by atoms with E-state index in [-0.39, 0.29) is 18.3 Å². The molecule has 0 spiro atoms. The highest BCUT2D eigenvalue weighted by Gasteiger charge is 2.27. The van der Waals surface area contributed by atoms with Crippen molar-refractivity contribution < 1.29 is 14.3 Å². The molecule has 0 unspecified atom stereocenters. The molecule has 0 heterocycles. The van der Waals surface area contributed by atoms with Gasteiger partial charge in [0.15, 0.2) is 5.78 Å². The van der Waals surface area contributed by atoms with E-state index in [1.807, 2.05) is 6.92 Å². The molecule has 1 rings (SSSR count). The van der Waals surface area contributed by atoms with Crippen molar-refractivity contribution in [1.29, 1.82) is 0 Å². The minimum Gasteiger partial charge on any atom is -0.492 e. The maximum atomic E-state index is 11.5. The number of nitrogens with one attached hydrogen (secondary N) is 1. The molecule has 19 heavy (non-hydrogen) atoms. The van der Waals surface area contributed by atoms with E-state index in [1.165, 1.54) is 0 Å². The number of carbonyl (C=O) groups excluding carboxylic acids is 2. The topological polar surface area (TPSA) is 81.4 Å². The summed E-state index contributed by atoms with van der Waals surface area (Å²) < 4.78 is 5.53. The van der Waals surface area contributed by atoms with E-state index in [4.69, 9.17) is 10.6 Å². The van der Waals surface area contributed by atoms with Crippen molar-refractivity contribution in [1.82, 2.24) is 5.43 Å².